The lowest BCUT2D eigenvalue weighted by Gasteiger charge is -2.18. The summed E-state index contributed by atoms with van der Waals surface area (Å²) in [7, 11) is 0. The lowest BCUT2D eigenvalue weighted by molar-refractivity contribution is 0.316. The third kappa shape index (κ3) is 5.42. The van der Waals surface area contributed by atoms with E-state index in [0.29, 0.717) is 0 Å². The SMILES string of the molecule is CCNc1cc(NCCN(CC)CC)nc(CC)n1. The van der Waals surface area contributed by atoms with Gasteiger partial charge in [-0.05, 0) is 20.0 Å². The van der Waals surface area contributed by atoms with Gasteiger partial charge in [-0.15, -0.1) is 0 Å². The molecule has 0 aromatic carbocycles. The Morgan fingerprint density at radius 2 is 1.63 bits per heavy atom. The zero-order valence-electron chi connectivity index (χ0n) is 12.7. The third-order valence-electron chi connectivity index (χ3n) is 3.08. The highest BCUT2D eigenvalue weighted by Gasteiger charge is 2.03. The standard InChI is InChI=1S/C14H27N5/c1-5-12-17-13(15-6-2)11-14(18-12)16-9-10-19(7-3)8-4/h11H,5-10H2,1-4H3,(H2,15,16,17,18). The fraction of sp³-hybridized carbons (Fsp3) is 0.714. The highest BCUT2D eigenvalue weighted by atomic mass is 15.1. The van der Waals surface area contributed by atoms with Gasteiger partial charge in [0.15, 0.2) is 0 Å². The zero-order valence-corrected chi connectivity index (χ0v) is 12.7. The highest BCUT2D eigenvalue weighted by molar-refractivity contribution is 5.47. The van der Waals surface area contributed by atoms with Gasteiger partial charge in [-0.3, -0.25) is 0 Å². The van der Waals surface area contributed by atoms with Crippen molar-refractivity contribution in [1.82, 2.24) is 14.9 Å². The van der Waals surface area contributed by atoms with Crippen LogP contribution in [0.1, 0.15) is 33.5 Å². The zero-order chi connectivity index (χ0) is 14.1. The van der Waals surface area contributed by atoms with Gasteiger partial charge in [0.2, 0.25) is 0 Å². The molecule has 1 rings (SSSR count). The fourth-order valence-corrected chi connectivity index (χ4v) is 1.90. The second-order valence-electron chi connectivity index (χ2n) is 4.39. The minimum Gasteiger partial charge on any atom is -0.370 e. The van der Waals surface area contributed by atoms with Gasteiger partial charge in [0.05, 0.1) is 0 Å². The normalized spacial score (nSPS) is 10.8. The first kappa shape index (κ1) is 15.7. The molecule has 1 aromatic rings. The minimum atomic E-state index is 0.851. The first-order valence-electron chi connectivity index (χ1n) is 7.31. The molecule has 0 radical (unpaired) electrons. The molecule has 0 spiro atoms. The van der Waals surface area contributed by atoms with Gasteiger partial charge in [0.1, 0.15) is 17.5 Å². The van der Waals surface area contributed by atoms with Crippen LogP contribution in [-0.2, 0) is 6.42 Å². The molecule has 19 heavy (non-hydrogen) atoms. The number of aromatic nitrogens is 2. The minimum absolute atomic E-state index is 0.851. The molecule has 1 heterocycles. The summed E-state index contributed by atoms with van der Waals surface area (Å²) in [6.45, 7) is 13.5. The van der Waals surface area contributed by atoms with Crippen molar-refractivity contribution in [2.75, 3.05) is 43.4 Å². The van der Waals surface area contributed by atoms with Crippen molar-refractivity contribution in [2.45, 2.75) is 34.1 Å². The number of anilines is 2. The molecule has 0 bridgehead atoms. The van der Waals surface area contributed by atoms with Crippen LogP contribution in [0.3, 0.4) is 0 Å². The van der Waals surface area contributed by atoms with E-state index >= 15 is 0 Å². The van der Waals surface area contributed by atoms with Crippen LogP contribution in [0, 0.1) is 0 Å². The summed E-state index contributed by atoms with van der Waals surface area (Å²) in [6, 6.07) is 1.98. The number of rotatable bonds is 9. The van der Waals surface area contributed by atoms with E-state index in [2.05, 4.69) is 53.2 Å². The Kier molecular flexibility index (Phi) is 7.18. The largest absolute Gasteiger partial charge is 0.370 e. The Labute approximate surface area is 116 Å². The molecule has 2 N–H and O–H groups in total. The van der Waals surface area contributed by atoms with Crippen molar-refractivity contribution in [1.29, 1.82) is 0 Å². The molecule has 0 unspecified atom stereocenters. The molecule has 0 aliphatic rings. The van der Waals surface area contributed by atoms with E-state index in [1.54, 1.807) is 0 Å². The van der Waals surface area contributed by atoms with E-state index in [-0.39, 0.29) is 0 Å². The van der Waals surface area contributed by atoms with E-state index in [4.69, 9.17) is 0 Å². The quantitative estimate of drug-likeness (QED) is 0.717. The number of nitrogens with one attached hydrogen (secondary N) is 2. The average molecular weight is 265 g/mol. The van der Waals surface area contributed by atoms with Crippen LogP contribution in [0.15, 0.2) is 6.07 Å². The maximum Gasteiger partial charge on any atom is 0.132 e. The predicted molar refractivity (Wildman–Crippen MR) is 81.9 cm³/mol. The maximum absolute atomic E-state index is 4.50. The average Bonchev–Trinajstić information content (AvgIpc) is 2.43. The molecule has 0 amide bonds. The molecule has 0 fully saturated rings. The summed E-state index contributed by atoms with van der Waals surface area (Å²) >= 11 is 0. The summed E-state index contributed by atoms with van der Waals surface area (Å²) in [5.41, 5.74) is 0. The molecule has 0 aliphatic carbocycles. The topological polar surface area (TPSA) is 53.1 Å². The van der Waals surface area contributed by atoms with Crippen LogP contribution in [0.5, 0.6) is 0 Å². The van der Waals surface area contributed by atoms with E-state index < -0.39 is 0 Å². The number of hydrogen-bond donors (Lipinski definition) is 2. The second kappa shape index (κ2) is 8.69. The summed E-state index contributed by atoms with van der Waals surface area (Å²) in [5.74, 6) is 2.69. The maximum atomic E-state index is 4.50. The number of hydrogen-bond acceptors (Lipinski definition) is 5. The smallest absolute Gasteiger partial charge is 0.132 e. The molecule has 108 valence electrons. The molecule has 5 heteroatoms. The number of nitrogens with zero attached hydrogens (tertiary/aromatic N) is 3. The third-order valence-corrected chi connectivity index (χ3v) is 3.08. The van der Waals surface area contributed by atoms with Crippen LogP contribution in [0.2, 0.25) is 0 Å². The van der Waals surface area contributed by atoms with Gasteiger partial charge in [-0.25, -0.2) is 9.97 Å². The van der Waals surface area contributed by atoms with Crippen molar-refractivity contribution < 1.29 is 0 Å². The molecule has 0 aliphatic heterocycles. The van der Waals surface area contributed by atoms with Gasteiger partial charge in [0, 0.05) is 32.1 Å². The van der Waals surface area contributed by atoms with Crippen LogP contribution in [0.25, 0.3) is 0 Å². The van der Waals surface area contributed by atoms with Crippen molar-refractivity contribution in [3.63, 3.8) is 0 Å². The Morgan fingerprint density at radius 3 is 2.16 bits per heavy atom. The van der Waals surface area contributed by atoms with Gasteiger partial charge < -0.3 is 15.5 Å². The van der Waals surface area contributed by atoms with E-state index in [0.717, 1.165) is 56.6 Å². The molecule has 1 aromatic heterocycles. The molecular formula is C14H27N5. The summed E-state index contributed by atoms with van der Waals surface area (Å²) in [6.07, 6.45) is 0.851. The molecule has 0 atom stereocenters. The van der Waals surface area contributed by atoms with Gasteiger partial charge in [-0.1, -0.05) is 20.8 Å². The summed E-state index contributed by atoms with van der Waals surface area (Å²) in [5, 5.41) is 6.63. The lowest BCUT2D eigenvalue weighted by Crippen LogP contribution is -2.28. The van der Waals surface area contributed by atoms with Gasteiger partial charge in [0.25, 0.3) is 0 Å². The highest BCUT2D eigenvalue weighted by Crippen LogP contribution is 2.11. The van der Waals surface area contributed by atoms with Crippen LogP contribution >= 0.6 is 0 Å². The van der Waals surface area contributed by atoms with Crippen molar-refractivity contribution >= 4 is 11.6 Å². The first-order valence-corrected chi connectivity index (χ1v) is 7.31. The molecule has 0 saturated carbocycles. The van der Waals surface area contributed by atoms with Crippen LogP contribution < -0.4 is 10.6 Å². The van der Waals surface area contributed by atoms with E-state index in [1.165, 1.54) is 0 Å². The lowest BCUT2D eigenvalue weighted by atomic mass is 10.4. The first-order chi connectivity index (χ1) is 9.23. The van der Waals surface area contributed by atoms with Crippen LogP contribution in [-0.4, -0.2) is 47.6 Å². The fourth-order valence-electron chi connectivity index (χ4n) is 1.90. The summed E-state index contributed by atoms with van der Waals surface area (Å²) in [4.78, 5) is 11.3. The van der Waals surface area contributed by atoms with Gasteiger partial charge in [-0.2, -0.15) is 0 Å². The Bertz CT molecular complexity index is 363. The van der Waals surface area contributed by atoms with Crippen molar-refractivity contribution in [3.8, 4) is 0 Å². The van der Waals surface area contributed by atoms with Crippen LogP contribution in [0.4, 0.5) is 11.6 Å². The van der Waals surface area contributed by atoms with E-state index in [1.807, 2.05) is 6.07 Å². The summed E-state index contributed by atoms with van der Waals surface area (Å²) < 4.78 is 0. The molecule has 5 nitrogen and oxygen atoms in total. The van der Waals surface area contributed by atoms with Gasteiger partial charge >= 0.3 is 0 Å². The Hall–Kier alpha value is -1.36. The predicted octanol–water partition coefficient (Wildman–Crippen LogP) is 2.22. The van der Waals surface area contributed by atoms with Crippen molar-refractivity contribution in [3.05, 3.63) is 11.9 Å². The second-order valence-corrected chi connectivity index (χ2v) is 4.39. The van der Waals surface area contributed by atoms with Crippen molar-refractivity contribution in [2.24, 2.45) is 0 Å². The number of aryl methyl sites for hydroxylation is 1. The molecule has 0 saturated heterocycles. The Morgan fingerprint density at radius 1 is 1.00 bits per heavy atom. The number of likely N-dealkylation sites (N-methyl/N-ethyl adjacent to an activating group) is 1. The Balaban J connectivity index is 2.58. The monoisotopic (exact) mass is 265 g/mol. The van der Waals surface area contributed by atoms with E-state index in [9.17, 15) is 0 Å². The molecular weight excluding hydrogens is 238 g/mol.